The molecule has 0 aliphatic carbocycles. The molecule has 0 saturated heterocycles. The average Bonchev–Trinajstić information content (AvgIpc) is 2.27. The molecule has 0 fully saturated rings. The summed E-state index contributed by atoms with van der Waals surface area (Å²) >= 11 is 0. The van der Waals surface area contributed by atoms with Crippen LogP contribution in [0.15, 0.2) is 24.3 Å². The first-order chi connectivity index (χ1) is 7.65. The molecule has 16 heavy (non-hydrogen) atoms. The molecule has 0 aliphatic rings. The lowest BCUT2D eigenvalue weighted by molar-refractivity contribution is 0.0695. The number of aromatic hydroxyl groups is 1. The van der Waals surface area contributed by atoms with E-state index in [0.717, 1.165) is 0 Å². The molecule has 1 heterocycles. The van der Waals surface area contributed by atoms with E-state index in [9.17, 15) is 9.90 Å². The molecule has 0 amide bonds. The number of aromatic nitrogens is 1. The number of hydrogen-bond donors (Lipinski definition) is 2. The van der Waals surface area contributed by atoms with E-state index in [-0.39, 0.29) is 11.3 Å². The summed E-state index contributed by atoms with van der Waals surface area (Å²) in [4.78, 5) is 15.3. The maximum Gasteiger partial charge on any atom is 0.340 e. The van der Waals surface area contributed by atoms with E-state index >= 15 is 0 Å². The predicted octanol–water partition coefficient (Wildman–Crippen LogP) is 2.20. The Morgan fingerprint density at radius 3 is 2.69 bits per heavy atom. The minimum atomic E-state index is -1.13. The van der Waals surface area contributed by atoms with Crippen molar-refractivity contribution in [1.29, 1.82) is 0 Å². The van der Waals surface area contributed by atoms with Crippen molar-refractivity contribution >= 4 is 16.9 Å². The molecule has 0 aliphatic heterocycles. The molecule has 2 rings (SSSR count). The van der Waals surface area contributed by atoms with Crippen molar-refractivity contribution in [2.24, 2.45) is 0 Å². The van der Waals surface area contributed by atoms with Gasteiger partial charge in [0.15, 0.2) is 5.75 Å². The topological polar surface area (TPSA) is 70.4 Å². The highest BCUT2D eigenvalue weighted by molar-refractivity contribution is 6.05. The van der Waals surface area contributed by atoms with Gasteiger partial charge in [-0.25, -0.2) is 9.78 Å². The summed E-state index contributed by atoms with van der Waals surface area (Å²) in [7, 11) is 0. The molecule has 0 spiro atoms. The number of rotatable bonds is 2. The molecule has 2 aromatic rings. The molecule has 0 radical (unpaired) electrons. The van der Waals surface area contributed by atoms with Crippen LogP contribution < -0.4 is 0 Å². The number of benzene rings is 1. The van der Waals surface area contributed by atoms with Gasteiger partial charge in [-0.05, 0) is 12.5 Å². The smallest absolute Gasteiger partial charge is 0.340 e. The van der Waals surface area contributed by atoms with Gasteiger partial charge in [-0.2, -0.15) is 0 Å². The SMILES string of the molecule is CCc1nc2ccccc2c(C(=O)O)c1O. The summed E-state index contributed by atoms with van der Waals surface area (Å²) in [5.74, 6) is -1.36. The summed E-state index contributed by atoms with van der Waals surface area (Å²) < 4.78 is 0. The van der Waals surface area contributed by atoms with Crippen LogP contribution in [0.2, 0.25) is 0 Å². The summed E-state index contributed by atoms with van der Waals surface area (Å²) in [6, 6.07) is 6.89. The van der Waals surface area contributed by atoms with E-state index in [1.807, 2.05) is 6.92 Å². The Bertz CT molecular complexity index is 563. The van der Waals surface area contributed by atoms with Crippen molar-refractivity contribution in [1.82, 2.24) is 4.98 Å². The first-order valence-corrected chi connectivity index (χ1v) is 4.99. The van der Waals surface area contributed by atoms with Crippen LogP contribution in [0.4, 0.5) is 0 Å². The number of aromatic carboxylic acids is 1. The maximum absolute atomic E-state index is 11.1. The lowest BCUT2D eigenvalue weighted by Crippen LogP contribution is -2.02. The molecule has 0 atom stereocenters. The molecular formula is C12H11NO3. The van der Waals surface area contributed by atoms with Crippen molar-refractivity contribution in [2.45, 2.75) is 13.3 Å². The van der Waals surface area contributed by atoms with Gasteiger partial charge in [-0.1, -0.05) is 25.1 Å². The molecule has 2 N–H and O–H groups in total. The number of para-hydroxylation sites is 1. The lowest BCUT2D eigenvalue weighted by Gasteiger charge is -2.08. The van der Waals surface area contributed by atoms with Crippen molar-refractivity contribution in [2.75, 3.05) is 0 Å². The van der Waals surface area contributed by atoms with Gasteiger partial charge in [-0.15, -0.1) is 0 Å². The predicted molar refractivity (Wildman–Crippen MR) is 59.7 cm³/mol. The van der Waals surface area contributed by atoms with Crippen molar-refractivity contribution in [3.63, 3.8) is 0 Å². The highest BCUT2D eigenvalue weighted by atomic mass is 16.4. The summed E-state index contributed by atoms with van der Waals surface area (Å²) in [6.07, 6.45) is 0.497. The van der Waals surface area contributed by atoms with Gasteiger partial charge in [0, 0.05) is 5.39 Å². The standard InChI is InChI=1S/C12H11NO3/c1-2-8-11(14)10(12(15)16)7-5-3-4-6-9(7)13-8/h3-6,14H,2H2,1H3,(H,15,16). The van der Waals surface area contributed by atoms with Crippen LogP contribution in [0, 0.1) is 0 Å². The molecule has 1 aromatic carbocycles. The Kier molecular flexibility index (Phi) is 2.48. The number of carboxylic acid groups (broad SMARTS) is 1. The molecule has 1 aromatic heterocycles. The Morgan fingerprint density at radius 2 is 2.06 bits per heavy atom. The maximum atomic E-state index is 11.1. The number of carboxylic acids is 1. The number of hydrogen-bond acceptors (Lipinski definition) is 3. The third-order valence-corrected chi connectivity index (χ3v) is 2.49. The number of aryl methyl sites for hydroxylation is 1. The van der Waals surface area contributed by atoms with E-state index in [0.29, 0.717) is 23.0 Å². The minimum absolute atomic E-state index is 0.0672. The van der Waals surface area contributed by atoms with Crippen molar-refractivity contribution < 1.29 is 15.0 Å². The number of carbonyl (C=O) groups is 1. The quantitative estimate of drug-likeness (QED) is 0.809. The van der Waals surface area contributed by atoms with Gasteiger partial charge >= 0.3 is 5.97 Å². The zero-order valence-corrected chi connectivity index (χ0v) is 8.77. The van der Waals surface area contributed by atoms with Crippen LogP contribution in [0.5, 0.6) is 5.75 Å². The molecule has 0 unspecified atom stereocenters. The molecule has 4 heteroatoms. The van der Waals surface area contributed by atoms with Gasteiger partial charge < -0.3 is 10.2 Å². The van der Waals surface area contributed by atoms with Gasteiger partial charge in [0.25, 0.3) is 0 Å². The lowest BCUT2D eigenvalue weighted by atomic mass is 10.1. The number of fused-ring (bicyclic) bond motifs is 1. The van der Waals surface area contributed by atoms with Crippen LogP contribution in [0.1, 0.15) is 23.0 Å². The molecule has 0 bridgehead atoms. The van der Waals surface area contributed by atoms with Gasteiger partial charge in [0.1, 0.15) is 5.56 Å². The van der Waals surface area contributed by atoms with Gasteiger partial charge in [-0.3, -0.25) is 0 Å². The monoisotopic (exact) mass is 217 g/mol. The Labute approximate surface area is 92.2 Å². The largest absolute Gasteiger partial charge is 0.505 e. The number of pyridine rings is 1. The van der Waals surface area contributed by atoms with Crippen LogP contribution in [-0.2, 0) is 6.42 Å². The highest BCUT2D eigenvalue weighted by Gasteiger charge is 2.18. The highest BCUT2D eigenvalue weighted by Crippen LogP contribution is 2.28. The summed E-state index contributed by atoms with van der Waals surface area (Å²) in [5.41, 5.74) is 0.938. The molecule has 4 nitrogen and oxygen atoms in total. The number of nitrogens with zero attached hydrogens (tertiary/aromatic N) is 1. The zero-order chi connectivity index (χ0) is 11.7. The van der Waals surface area contributed by atoms with Crippen molar-refractivity contribution in [3.05, 3.63) is 35.5 Å². The van der Waals surface area contributed by atoms with E-state index in [1.165, 1.54) is 0 Å². The summed E-state index contributed by atoms with van der Waals surface area (Å²) in [6.45, 7) is 1.82. The average molecular weight is 217 g/mol. The van der Waals surface area contributed by atoms with E-state index in [2.05, 4.69) is 4.98 Å². The second-order valence-electron chi connectivity index (χ2n) is 3.46. The van der Waals surface area contributed by atoms with Gasteiger partial charge in [0.05, 0.1) is 11.2 Å². The van der Waals surface area contributed by atoms with Gasteiger partial charge in [0.2, 0.25) is 0 Å². The second kappa shape index (κ2) is 3.81. The molecule has 82 valence electrons. The fourth-order valence-electron chi connectivity index (χ4n) is 1.72. The summed E-state index contributed by atoms with van der Waals surface area (Å²) in [5, 5.41) is 19.4. The van der Waals surface area contributed by atoms with Crippen molar-refractivity contribution in [3.8, 4) is 5.75 Å². The van der Waals surface area contributed by atoms with Crippen LogP contribution >= 0.6 is 0 Å². The first-order valence-electron chi connectivity index (χ1n) is 4.99. The Morgan fingerprint density at radius 1 is 1.38 bits per heavy atom. The second-order valence-corrected chi connectivity index (χ2v) is 3.46. The minimum Gasteiger partial charge on any atom is -0.505 e. The van der Waals surface area contributed by atoms with Crippen LogP contribution in [0.25, 0.3) is 10.9 Å². The third-order valence-electron chi connectivity index (χ3n) is 2.49. The third kappa shape index (κ3) is 1.48. The molecule has 0 saturated carbocycles. The van der Waals surface area contributed by atoms with E-state index < -0.39 is 5.97 Å². The Hall–Kier alpha value is -2.10. The Balaban J connectivity index is 2.91. The fourth-order valence-corrected chi connectivity index (χ4v) is 1.72. The van der Waals surface area contributed by atoms with E-state index in [1.54, 1.807) is 24.3 Å². The zero-order valence-electron chi connectivity index (χ0n) is 8.77. The van der Waals surface area contributed by atoms with Crippen LogP contribution in [0.3, 0.4) is 0 Å². The van der Waals surface area contributed by atoms with Crippen LogP contribution in [-0.4, -0.2) is 21.2 Å². The first kappa shape index (κ1) is 10.4. The fraction of sp³-hybridized carbons (Fsp3) is 0.167. The normalized spacial score (nSPS) is 10.6. The van der Waals surface area contributed by atoms with E-state index in [4.69, 9.17) is 5.11 Å². The molecular weight excluding hydrogens is 206 g/mol.